The van der Waals surface area contributed by atoms with Crippen molar-refractivity contribution in [2.24, 2.45) is 5.92 Å². The molecule has 0 aliphatic heterocycles. The number of nitrogens with zero attached hydrogens (tertiary/aromatic N) is 1. The van der Waals surface area contributed by atoms with Gasteiger partial charge >= 0.3 is 0 Å². The van der Waals surface area contributed by atoms with Crippen LogP contribution in [0.3, 0.4) is 0 Å². The second-order valence-corrected chi connectivity index (χ2v) is 6.25. The zero-order valence-corrected chi connectivity index (χ0v) is 12.2. The van der Waals surface area contributed by atoms with Gasteiger partial charge in [0.25, 0.3) is 0 Å². The van der Waals surface area contributed by atoms with Gasteiger partial charge in [0, 0.05) is 30.4 Å². The van der Waals surface area contributed by atoms with Crippen LogP contribution in [0.4, 0.5) is 5.69 Å². The lowest BCUT2D eigenvalue weighted by molar-refractivity contribution is -0.126. The van der Waals surface area contributed by atoms with Gasteiger partial charge in [0.1, 0.15) is 0 Å². The van der Waals surface area contributed by atoms with E-state index in [-0.39, 0.29) is 11.8 Å². The fourth-order valence-electron chi connectivity index (χ4n) is 2.82. The topological polar surface area (TPSA) is 54.0 Å². The second kappa shape index (κ2) is 6.00. The Balaban J connectivity index is 1.57. The molecule has 0 unspecified atom stereocenters. The van der Waals surface area contributed by atoms with Crippen LogP contribution in [0.5, 0.6) is 0 Å². The zero-order chi connectivity index (χ0) is 13.9. The van der Waals surface area contributed by atoms with Crippen molar-refractivity contribution in [1.29, 1.82) is 0 Å². The van der Waals surface area contributed by atoms with Crippen molar-refractivity contribution in [3.63, 3.8) is 0 Å². The third kappa shape index (κ3) is 3.42. The number of carbonyl (C=O) groups is 1. The molecule has 2 aliphatic rings. The van der Waals surface area contributed by atoms with Gasteiger partial charge in [0.05, 0.1) is 10.7 Å². The molecule has 2 fully saturated rings. The molecule has 0 saturated heterocycles. The molecule has 0 spiro atoms. The van der Waals surface area contributed by atoms with Gasteiger partial charge in [-0.1, -0.05) is 18.0 Å². The molecule has 3 rings (SSSR count). The molecule has 2 atom stereocenters. The van der Waals surface area contributed by atoms with Gasteiger partial charge in [-0.05, 0) is 38.2 Å². The molecule has 1 aromatic rings. The molecule has 2 N–H and O–H groups in total. The van der Waals surface area contributed by atoms with Crippen LogP contribution in [0.25, 0.3) is 0 Å². The summed E-state index contributed by atoms with van der Waals surface area (Å²) in [6.45, 7) is 0. The quantitative estimate of drug-likeness (QED) is 0.897. The summed E-state index contributed by atoms with van der Waals surface area (Å²) in [5.41, 5.74) is 0.912. The van der Waals surface area contributed by atoms with Crippen molar-refractivity contribution in [3.05, 3.63) is 23.5 Å². The average molecular weight is 294 g/mol. The summed E-state index contributed by atoms with van der Waals surface area (Å²) in [4.78, 5) is 16.1. The van der Waals surface area contributed by atoms with Crippen molar-refractivity contribution in [1.82, 2.24) is 10.3 Å². The van der Waals surface area contributed by atoms with Crippen LogP contribution in [0.1, 0.15) is 38.5 Å². The van der Waals surface area contributed by atoms with Crippen LogP contribution >= 0.6 is 11.6 Å². The summed E-state index contributed by atoms with van der Waals surface area (Å²) in [7, 11) is 0. The Bertz CT molecular complexity index is 490. The highest BCUT2D eigenvalue weighted by Gasteiger charge is 2.31. The lowest BCUT2D eigenvalue weighted by Crippen LogP contribution is -2.38. The van der Waals surface area contributed by atoms with Crippen LogP contribution in [0.15, 0.2) is 18.5 Å². The molecule has 0 bridgehead atoms. The summed E-state index contributed by atoms with van der Waals surface area (Å²) in [6.07, 6.45) is 9.73. The molecule has 20 heavy (non-hydrogen) atoms. The maximum absolute atomic E-state index is 12.1. The molecule has 108 valence electrons. The first-order valence-electron chi connectivity index (χ1n) is 7.39. The highest BCUT2D eigenvalue weighted by atomic mass is 35.5. The predicted molar refractivity (Wildman–Crippen MR) is 79.8 cm³/mol. The first kappa shape index (κ1) is 13.7. The van der Waals surface area contributed by atoms with Crippen molar-refractivity contribution >= 4 is 23.2 Å². The highest BCUT2D eigenvalue weighted by Crippen LogP contribution is 2.30. The Morgan fingerprint density at radius 1 is 1.25 bits per heavy atom. The SMILES string of the molecule is O=C(NC1CC1)[C@H]1CCC[C@@H](Nc2ccncc2Cl)C1. The number of aromatic nitrogens is 1. The molecule has 0 radical (unpaired) electrons. The highest BCUT2D eigenvalue weighted by molar-refractivity contribution is 6.33. The predicted octanol–water partition coefficient (Wildman–Crippen LogP) is 2.98. The molecule has 4 nitrogen and oxygen atoms in total. The second-order valence-electron chi connectivity index (χ2n) is 5.84. The van der Waals surface area contributed by atoms with E-state index in [1.165, 1.54) is 0 Å². The number of rotatable bonds is 4. The largest absolute Gasteiger partial charge is 0.381 e. The minimum absolute atomic E-state index is 0.141. The molecule has 1 heterocycles. The van der Waals surface area contributed by atoms with Crippen molar-refractivity contribution < 1.29 is 4.79 Å². The zero-order valence-electron chi connectivity index (χ0n) is 11.4. The molecule has 2 aliphatic carbocycles. The van der Waals surface area contributed by atoms with E-state index in [4.69, 9.17) is 11.6 Å². The Morgan fingerprint density at radius 2 is 2.10 bits per heavy atom. The van der Waals surface area contributed by atoms with E-state index in [9.17, 15) is 4.79 Å². The number of amides is 1. The smallest absolute Gasteiger partial charge is 0.223 e. The third-order valence-electron chi connectivity index (χ3n) is 4.10. The number of nitrogens with one attached hydrogen (secondary N) is 2. The standard InChI is InChI=1S/C15H20ClN3O/c16-13-9-17-7-6-14(13)18-12-3-1-2-10(8-12)15(20)19-11-4-5-11/h6-7,9-12H,1-5,8H2,(H,17,18)(H,19,20)/t10-,12+/m0/s1. The maximum atomic E-state index is 12.1. The van der Waals surface area contributed by atoms with Gasteiger partial charge in [0.15, 0.2) is 0 Å². The van der Waals surface area contributed by atoms with Gasteiger partial charge in [0.2, 0.25) is 5.91 Å². The van der Waals surface area contributed by atoms with Crippen molar-refractivity contribution in [3.8, 4) is 0 Å². The molecular formula is C15H20ClN3O. The van der Waals surface area contributed by atoms with Gasteiger partial charge in [-0.2, -0.15) is 0 Å². The van der Waals surface area contributed by atoms with Crippen molar-refractivity contribution in [2.45, 2.75) is 50.6 Å². The first-order chi connectivity index (χ1) is 9.72. The number of carbonyl (C=O) groups excluding carboxylic acids is 1. The van der Waals surface area contributed by atoms with Crippen LogP contribution in [-0.4, -0.2) is 23.0 Å². The summed E-state index contributed by atoms with van der Waals surface area (Å²) >= 11 is 6.12. The number of hydrogen-bond acceptors (Lipinski definition) is 3. The summed E-state index contributed by atoms with van der Waals surface area (Å²) in [6, 6.07) is 2.65. The first-order valence-corrected chi connectivity index (χ1v) is 7.76. The molecule has 2 saturated carbocycles. The minimum atomic E-state index is 0.141. The monoisotopic (exact) mass is 293 g/mol. The number of halogens is 1. The van der Waals surface area contributed by atoms with E-state index in [1.807, 2.05) is 6.07 Å². The van der Waals surface area contributed by atoms with Gasteiger partial charge in [-0.25, -0.2) is 0 Å². The van der Waals surface area contributed by atoms with Gasteiger partial charge in [-0.15, -0.1) is 0 Å². The van der Waals surface area contributed by atoms with Gasteiger partial charge < -0.3 is 10.6 Å². The van der Waals surface area contributed by atoms with Crippen LogP contribution in [-0.2, 0) is 4.79 Å². The van der Waals surface area contributed by atoms with E-state index < -0.39 is 0 Å². The minimum Gasteiger partial charge on any atom is -0.381 e. The van der Waals surface area contributed by atoms with E-state index in [2.05, 4.69) is 15.6 Å². The number of anilines is 1. The van der Waals surface area contributed by atoms with Crippen LogP contribution in [0, 0.1) is 5.92 Å². The Hall–Kier alpha value is -1.29. The van der Waals surface area contributed by atoms with Crippen molar-refractivity contribution in [2.75, 3.05) is 5.32 Å². The maximum Gasteiger partial charge on any atom is 0.223 e. The summed E-state index contributed by atoms with van der Waals surface area (Å²) in [5, 5.41) is 7.20. The lowest BCUT2D eigenvalue weighted by atomic mass is 9.85. The average Bonchev–Trinajstić information content (AvgIpc) is 3.26. The Morgan fingerprint density at radius 3 is 2.85 bits per heavy atom. The lowest BCUT2D eigenvalue weighted by Gasteiger charge is -2.30. The molecular weight excluding hydrogens is 274 g/mol. The summed E-state index contributed by atoms with van der Waals surface area (Å²) in [5.74, 6) is 0.377. The van der Waals surface area contributed by atoms with Crippen LogP contribution in [0.2, 0.25) is 5.02 Å². The fraction of sp³-hybridized carbons (Fsp3) is 0.600. The number of hydrogen-bond donors (Lipinski definition) is 2. The van der Waals surface area contributed by atoms with E-state index in [1.54, 1.807) is 12.4 Å². The Labute approximate surface area is 124 Å². The Kier molecular flexibility index (Phi) is 4.10. The van der Waals surface area contributed by atoms with Crippen LogP contribution < -0.4 is 10.6 Å². The van der Waals surface area contributed by atoms with Gasteiger partial charge in [-0.3, -0.25) is 9.78 Å². The fourth-order valence-corrected chi connectivity index (χ4v) is 2.99. The van der Waals surface area contributed by atoms with E-state index in [0.717, 1.165) is 44.2 Å². The van der Waals surface area contributed by atoms with E-state index >= 15 is 0 Å². The normalized spacial score (nSPS) is 26.1. The number of pyridine rings is 1. The summed E-state index contributed by atoms with van der Waals surface area (Å²) < 4.78 is 0. The molecule has 0 aromatic carbocycles. The third-order valence-corrected chi connectivity index (χ3v) is 4.40. The van der Waals surface area contributed by atoms with E-state index in [0.29, 0.717) is 17.1 Å². The molecule has 1 amide bonds. The molecule has 5 heteroatoms. The molecule has 1 aromatic heterocycles.